The lowest BCUT2D eigenvalue weighted by atomic mass is 10.1. The second-order valence-electron chi connectivity index (χ2n) is 4.12. The molecule has 0 spiro atoms. The first-order chi connectivity index (χ1) is 7.54. The van der Waals surface area contributed by atoms with Gasteiger partial charge in [0.15, 0.2) is 0 Å². The van der Waals surface area contributed by atoms with Gasteiger partial charge in [0.2, 0.25) is 0 Å². The first kappa shape index (κ1) is 13.1. The maximum absolute atomic E-state index is 11.0. The van der Waals surface area contributed by atoms with Gasteiger partial charge in [-0.15, -0.1) is 11.8 Å². The first-order valence-corrected chi connectivity index (χ1v) is 6.41. The average Bonchev–Trinajstić information content (AvgIpc) is 2.25. The Morgan fingerprint density at radius 1 is 1.31 bits per heavy atom. The summed E-state index contributed by atoms with van der Waals surface area (Å²) in [5, 5.41) is 8.72. The molecule has 1 aromatic rings. The predicted octanol–water partition coefficient (Wildman–Crippen LogP) is 3.45. The molecule has 88 valence electrons. The molecule has 0 radical (unpaired) electrons. The van der Waals surface area contributed by atoms with Crippen molar-refractivity contribution in [2.45, 2.75) is 37.3 Å². The molecule has 0 saturated heterocycles. The van der Waals surface area contributed by atoms with Crippen LogP contribution in [0.1, 0.15) is 26.3 Å². The van der Waals surface area contributed by atoms with Gasteiger partial charge in [-0.05, 0) is 30.0 Å². The molecule has 0 aliphatic carbocycles. The minimum absolute atomic E-state index is 0.133. The maximum atomic E-state index is 11.0. The molecular formula is C13H18O2S. The predicted molar refractivity (Wildman–Crippen MR) is 67.9 cm³/mol. The highest BCUT2D eigenvalue weighted by molar-refractivity contribution is 8.00. The molecule has 0 saturated carbocycles. The third-order valence-corrected chi connectivity index (χ3v) is 3.99. The third-order valence-electron chi connectivity index (χ3n) is 2.44. The lowest BCUT2D eigenvalue weighted by Crippen LogP contribution is -2.22. The van der Waals surface area contributed by atoms with Gasteiger partial charge in [0.25, 0.3) is 0 Å². The van der Waals surface area contributed by atoms with Crippen LogP contribution >= 0.6 is 11.8 Å². The minimum atomic E-state index is -0.737. The molecule has 2 nitrogen and oxygen atoms in total. The minimum Gasteiger partial charge on any atom is -0.480 e. The van der Waals surface area contributed by atoms with Crippen molar-refractivity contribution in [1.29, 1.82) is 0 Å². The standard InChI is InChI=1S/C13H18O2S/c1-4-10-5-7-11(8-6-10)16-12(9(2)3)13(14)15/h5-9,12H,4H2,1-3H3,(H,14,15). The van der Waals surface area contributed by atoms with Crippen LogP contribution in [0.25, 0.3) is 0 Å². The lowest BCUT2D eigenvalue weighted by molar-refractivity contribution is -0.137. The number of hydrogen-bond acceptors (Lipinski definition) is 2. The van der Waals surface area contributed by atoms with Gasteiger partial charge in [0.05, 0.1) is 0 Å². The highest BCUT2D eigenvalue weighted by atomic mass is 32.2. The number of carboxylic acid groups (broad SMARTS) is 1. The van der Waals surface area contributed by atoms with Gasteiger partial charge < -0.3 is 5.11 Å². The van der Waals surface area contributed by atoms with Crippen molar-refractivity contribution in [1.82, 2.24) is 0 Å². The van der Waals surface area contributed by atoms with Gasteiger partial charge in [0, 0.05) is 4.90 Å². The first-order valence-electron chi connectivity index (χ1n) is 5.53. The van der Waals surface area contributed by atoms with Crippen molar-refractivity contribution in [3.8, 4) is 0 Å². The number of rotatable bonds is 5. The summed E-state index contributed by atoms with van der Waals surface area (Å²) in [5.74, 6) is -0.604. The molecule has 16 heavy (non-hydrogen) atoms. The lowest BCUT2D eigenvalue weighted by Gasteiger charge is -2.15. The van der Waals surface area contributed by atoms with Crippen LogP contribution in [0.15, 0.2) is 29.2 Å². The summed E-state index contributed by atoms with van der Waals surface area (Å²) in [4.78, 5) is 12.1. The quantitative estimate of drug-likeness (QED) is 0.798. The van der Waals surface area contributed by atoms with Crippen LogP contribution in [0, 0.1) is 5.92 Å². The van der Waals surface area contributed by atoms with E-state index in [-0.39, 0.29) is 11.2 Å². The van der Waals surface area contributed by atoms with Crippen LogP contribution in [-0.2, 0) is 11.2 Å². The number of hydrogen-bond donors (Lipinski definition) is 1. The van der Waals surface area contributed by atoms with Gasteiger partial charge in [0.1, 0.15) is 5.25 Å². The van der Waals surface area contributed by atoms with E-state index in [0.717, 1.165) is 11.3 Å². The molecule has 3 heteroatoms. The van der Waals surface area contributed by atoms with E-state index in [1.54, 1.807) is 0 Å². The summed E-state index contributed by atoms with van der Waals surface area (Å²) < 4.78 is 0. The van der Waals surface area contributed by atoms with E-state index in [9.17, 15) is 4.79 Å². The topological polar surface area (TPSA) is 37.3 Å². The summed E-state index contributed by atoms with van der Waals surface area (Å²) in [5.41, 5.74) is 1.28. The van der Waals surface area contributed by atoms with E-state index in [0.29, 0.717) is 0 Å². The number of aliphatic carboxylic acids is 1. The molecule has 0 bridgehead atoms. The van der Waals surface area contributed by atoms with Crippen molar-refractivity contribution in [3.63, 3.8) is 0 Å². The maximum Gasteiger partial charge on any atom is 0.317 e. The second-order valence-corrected chi connectivity index (χ2v) is 5.33. The van der Waals surface area contributed by atoms with Gasteiger partial charge >= 0.3 is 5.97 Å². The highest BCUT2D eigenvalue weighted by Crippen LogP contribution is 2.28. The summed E-state index contributed by atoms with van der Waals surface area (Å²) in [6.45, 7) is 5.98. The van der Waals surface area contributed by atoms with Crippen LogP contribution in [0.5, 0.6) is 0 Å². The zero-order chi connectivity index (χ0) is 12.1. The molecule has 0 aromatic heterocycles. The summed E-state index contributed by atoms with van der Waals surface area (Å²) in [7, 11) is 0. The van der Waals surface area contributed by atoms with E-state index in [2.05, 4.69) is 19.1 Å². The Labute approximate surface area is 101 Å². The Morgan fingerprint density at radius 3 is 2.25 bits per heavy atom. The Morgan fingerprint density at radius 2 is 1.88 bits per heavy atom. The molecule has 0 amide bonds. The normalized spacial score (nSPS) is 12.8. The molecule has 0 fully saturated rings. The molecule has 1 unspecified atom stereocenters. The zero-order valence-electron chi connectivity index (χ0n) is 9.93. The van der Waals surface area contributed by atoms with E-state index in [4.69, 9.17) is 5.11 Å². The van der Waals surface area contributed by atoms with Crippen LogP contribution in [0.3, 0.4) is 0 Å². The number of aryl methyl sites for hydroxylation is 1. The molecule has 1 aromatic carbocycles. The molecule has 0 aliphatic rings. The van der Waals surface area contributed by atoms with Crippen molar-refractivity contribution in [2.24, 2.45) is 5.92 Å². The largest absolute Gasteiger partial charge is 0.480 e. The van der Waals surface area contributed by atoms with Gasteiger partial charge in [-0.2, -0.15) is 0 Å². The number of carbonyl (C=O) groups is 1. The highest BCUT2D eigenvalue weighted by Gasteiger charge is 2.22. The molecule has 0 aliphatic heterocycles. The van der Waals surface area contributed by atoms with Crippen LogP contribution in [0.4, 0.5) is 0 Å². The van der Waals surface area contributed by atoms with E-state index in [1.807, 2.05) is 26.0 Å². The molecule has 0 heterocycles. The van der Waals surface area contributed by atoms with Crippen molar-refractivity contribution in [3.05, 3.63) is 29.8 Å². The second kappa shape index (κ2) is 5.94. The zero-order valence-corrected chi connectivity index (χ0v) is 10.8. The fourth-order valence-corrected chi connectivity index (χ4v) is 2.38. The average molecular weight is 238 g/mol. The van der Waals surface area contributed by atoms with E-state index < -0.39 is 5.97 Å². The number of carboxylic acids is 1. The number of thioether (sulfide) groups is 1. The molecular weight excluding hydrogens is 220 g/mol. The summed E-state index contributed by atoms with van der Waals surface area (Å²) in [6.07, 6.45) is 1.01. The fraction of sp³-hybridized carbons (Fsp3) is 0.462. The van der Waals surface area contributed by atoms with Crippen LogP contribution in [0.2, 0.25) is 0 Å². The van der Waals surface area contributed by atoms with E-state index >= 15 is 0 Å². The Bertz CT molecular complexity index is 343. The van der Waals surface area contributed by atoms with Gasteiger partial charge in [-0.25, -0.2) is 0 Å². The summed E-state index contributed by atoms with van der Waals surface area (Å²) in [6, 6.07) is 8.12. The molecule has 1 rings (SSSR count). The number of benzene rings is 1. The molecule has 1 N–H and O–H groups in total. The summed E-state index contributed by atoms with van der Waals surface area (Å²) >= 11 is 1.42. The Balaban J connectivity index is 2.74. The van der Waals surface area contributed by atoms with Crippen molar-refractivity contribution >= 4 is 17.7 Å². The van der Waals surface area contributed by atoms with Crippen molar-refractivity contribution < 1.29 is 9.90 Å². The van der Waals surface area contributed by atoms with Gasteiger partial charge in [-0.1, -0.05) is 32.9 Å². The SMILES string of the molecule is CCc1ccc(SC(C(=O)O)C(C)C)cc1. The van der Waals surface area contributed by atoms with Gasteiger partial charge in [-0.3, -0.25) is 4.79 Å². The third kappa shape index (κ3) is 3.56. The molecule has 1 atom stereocenters. The Kier molecular flexibility index (Phi) is 4.87. The van der Waals surface area contributed by atoms with Crippen molar-refractivity contribution in [2.75, 3.05) is 0 Å². The van der Waals surface area contributed by atoms with E-state index in [1.165, 1.54) is 17.3 Å². The fourth-order valence-electron chi connectivity index (χ4n) is 1.42. The Hall–Kier alpha value is -0.960. The van der Waals surface area contributed by atoms with Crippen LogP contribution < -0.4 is 0 Å². The smallest absolute Gasteiger partial charge is 0.317 e. The monoisotopic (exact) mass is 238 g/mol. The van der Waals surface area contributed by atoms with Crippen LogP contribution in [-0.4, -0.2) is 16.3 Å².